The second-order valence-electron chi connectivity index (χ2n) is 11.7. The van der Waals surface area contributed by atoms with E-state index in [1.165, 1.54) is 0 Å². The fourth-order valence-corrected chi connectivity index (χ4v) is 10.8. The van der Waals surface area contributed by atoms with E-state index in [9.17, 15) is 20.4 Å². The maximum atomic E-state index is 12.8. The molecule has 0 aromatic heterocycles. The standard InChI is InChI=1S/C24H39NO7/c1-5-25-10-21(11-30-2)7-6-15(26)23-13-8-12-14(31-3)9-22(32-4,16(13)17(12)27)24(29,20(23)25)19(28)18(21)23/h12-20,26-29H,5-11H2,1-4H3/t12-,13-,14+,15+,16-,17+,18-,19+,20+,21+,22-,23+,24+/m1/s1. The van der Waals surface area contributed by atoms with Crippen molar-refractivity contribution in [1.29, 1.82) is 0 Å². The van der Waals surface area contributed by atoms with Crippen molar-refractivity contribution in [2.24, 2.45) is 34.5 Å². The molecule has 6 rings (SSSR count). The van der Waals surface area contributed by atoms with Crippen LogP contribution in [0, 0.1) is 34.5 Å². The molecule has 0 radical (unpaired) electrons. The Morgan fingerprint density at radius 2 is 1.88 bits per heavy atom. The summed E-state index contributed by atoms with van der Waals surface area (Å²) in [5, 5.41) is 48.2. The highest BCUT2D eigenvalue weighted by Crippen LogP contribution is 2.80. The molecule has 5 saturated carbocycles. The van der Waals surface area contributed by atoms with Gasteiger partial charge in [0.15, 0.2) is 0 Å². The predicted molar refractivity (Wildman–Crippen MR) is 114 cm³/mol. The van der Waals surface area contributed by atoms with Gasteiger partial charge in [-0.1, -0.05) is 6.92 Å². The molecule has 0 unspecified atom stereocenters. The zero-order chi connectivity index (χ0) is 22.8. The first-order chi connectivity index (χ1) is 15.2. The summed E-state index contributed by atoms with van der Waals surface area (Å²) in [6.07, 6.45) is -0.201. The molecular weight excluding hydrogens is 414 g/mol. The summed E-state index contributed by atoms with van der Waals surface area (Å²) in [5.74, 6) is -0.800. The van der Waals surface area contributed by atoms with Gasteiger partial charge in [0.25, 0.3) is 0 Å². The highest BCUT2D eigenvalue weighted by Gasteiger charge is 2.91. The fraction of sp³-hybridized carbons (Fsp3) is 1.00. The maximum absolute atomic E-state index is 12.8. The highest BCUT2D eigenvalue weighted by atomic mass is 16.5. The number of piperidine rings is 1. The molecule has 0 amide bonds. The SMILES string of the molecule is CCN1C[C@]2(COC)CC[C@H](O)[C@@]34[C@@H]5C[C@H]6[C@H](O)[C@@H]5[C@](OC)(C[C@@H]6OC)[C@](O)([C@@H](O)[C@H]23)[C@@H]14. The van der Waals surface area contributed by atoms with E-state index in [0.29, 0.717) is 32.4 Å². The minimum Gasteiger partial charge on any atom is -0.392 e. The Labute approximate surface area is 189 Å². The molecule has 32 heavy (non-hydrogen) atoms. The summed E-state index contributed by atoms with van der Waals surface area (Å²) in [7, 11) is 4.95. The van der Waals surface area contributed by atoms with E-state index in [1.807, 2.05) is 0 Å². The first-order valence-corrected chi connectivity index (χ1v) is 12.3. The van der Waals surface area contributed by atoms with Crippen LogP contribution in [0.25, 0.3) is 0 Å². The summed E-state index contributed by atoms with van der Waals surface area (Å²) < 4.78 is 17.8. The lowest BCUT2D eigenvalue weighted by molar-refractivity contribution is -0.323. The zero-order valence-corrected chi connectivity index (χ0v) is 19.6. The molecule has 7 bridgehead atoms. The molecule has 5 aliphatic carbocycles. The van der Waals surface area contributed by atoms with Crippen molar-refractivity contribution >= 4 is 0 Å². The summed E-state index contributed by atoms with van der Waals surface area (Å²) in [6, 6.07) is -0.442. The lowest BCUT2D eigenvalue weighted by Gasteiger charge is -2.70. The van der Waals surface area contributed by atoms with Crippen molar-refractivity contribution in [2.45, 2.75) is 74.3 Å². The van der Waals surface area contributed by atoms with E-state index in [-0.39, 0.29) is 35.2 Å². The van der Waals surface area contributed by atoms with Gasteiger partial charge in [-0.25, -0.2) is 0 Å². The van der Waals surface area contributed by atoms with Crippen molar-refractivity contribution in [1.82, 2.24) is 4.90 Å². The summed E-state index contributed by atoms with van der Waals surface area (Å²) in [5.41, 5.74) is -3.85. The number of aliphatic hydroxyl groups is 4. The van der Waals surface area contributed by atoms with Gasteiger partial charge in [-0.05, 0) is 31.7 Å². The Morgan fingerprint density at radius 1 is 1.12 bits per heavy atom. The average Bonchev–Trinajstić information content (AvgIpc) is 3.12. The van der Waals surface area contributed by atoms with Gasteiger partial charge in [-0.3, -0.25) is 4.90 Å². The number of likely N-dealkylation sites (N-methyl/N-ethyl adjacent to an activating group) is 1. The van der Waals surface area contributed by atoms with Gasteiger partial charge >= 0.3 is 0 Å². The fourth-order valence-electron chi connectivity index (χ4n) is 10.8. The molecule has 4 N–H and O–H groups in total. The topological polar surface area (TPSA) is 112 Å². The van der Waals surface area contributed by atoms with Crippen molar-refractivity contribution in [3.8, 4) is 0 Å². The number of methoxy groups -OCH3 is 3. The van der Waals surface area contributed by atoms with Crippen LogP contribution < -0.4 is 0 Å². The van der Waals surface area contributed by atoms with Crippen LogP contribution in [-0.2, 0) is 14.2 Å². The number of rotatable bonds is 5. The number of fused-ring (bicyclic) bond motifs is 2. The smallest absolute Gasteiger partial charge is 0.136 e. The van der Waals surface area contributed by atoms with Gasteiger partial charge < -0.3 is 34.6 Å². The largest absolute Gasteiger partial charge is 0.392 e. The molecule has 8 nitrogen and oxygen atoms in total. The van der Waals surface area contributed by atoms with E-state index < -0.39 is 41.0 Å². The van der Waals surface area contributed by atoms with Crippen LogP contribution in [0.3, 0.4) is 0 Å². The van der Waals surface area contributed by atoms with Crippen LogP contribution >= 0.6 is 0 Å². The molecule has 0 aromatic carbocycles. The van der Waals surface area contributed by atoms with Crippen LogP contribution in [0.4, 0.5) is 0 Å². The van der Waals surface area contributed by atoms with Gasteiger partial charge in [-0.2, -0.15) is 0 Å². The third-order valence-corrected chi connectivity index (χ3v) is 11.3. The molecule has 1 heterocycles. The van der Waals surface area contributed by atoms with Gasteiger partial charge in [-0.15, -0.1) is 0 Å². The summed E-state index contributed by atoms with van der Waals surface area (Å²) in [6.45, 7) is 3.98. The Kier molecular flexibility index (Phi) is 4.62. The third-order valence-electron chi connectivity index (χ3n) is 11.3. The second kappa shape index (κ2) is 6.66. The lowest BCUT2D eigenvalue weighted by Crippen LogP contribution is -2.82. The number of nitrogens with zero attached hydrogens (tertiary/aromatic N) is 1. The van der Waals surface area contributed by atoms with Crippen molar-refractivity contribution < 1.29 is 34.6 Å². The molecular formula is C24H39NO7. The van der Waals surface area contributed by atoms with E-state index in [2.05, 4.69) is 11.8 Å². The zero-order valence-electron chi connectivity index (χ0n) is 19.6. The van der Waals surface area contributed by atoms with Crippen LogP contribution in [0.15, 0.2) is 0 Å². The van der Waals surface area contributed by atoms with Crippen molar-refractivity contribution in [3.63, 3.8) is 0 Å². The first kappa shape index (κ1) is 22.2. The van der Waals surface area contributed by atoms with E-state index in [1.54, 1.807) is 21.3 Å². The molecule has 6 fully saturated rings. The van der Waals surface area contributed by atoms with Gasteiger partial charge in [0.2, 0.25) is 0 Å². The molecule has 13 atom stereocenters. The molecule has 8 heteroatoms. The molecule has 6 aliphatic rings. The Bertz CT molecular complexity index is 798. The molecule has 1 aliphatic heterocycles. The number of hydrogen-bond donors (Lipinski definition) is 4. The normalized spacial score (nSPS) is 62.4. The quantitative estimate of drug-likeness (QED) is 0.446. The third kappa shape index (κ3) is 1.96. The number of aliphatic hydroxyl groups excluding tert-OH is 3. The average molecular weight is 454 g/mol. The lowest BCUT2D eigenvalue weighted by atomic mass is 9.42. The molecule has 0 aromatic rings. The first-order valence-electron chi connectivity index (χ1n) is 12.3. The predicted octanol–water partition coefficient (Wildman–Crippen LogP) is -0.383. The van der Waals surface area contributed by atoms with E-state index in [0.717, 1.165) is 13.0 Å². The van der Waals surface area contributed by atoms with Crippen LogP contribution in [-0.4, -0.2) is 108 Å². The summed E-state index contributed by atoms with van der Waals surface area (Å²) >= 11 is 0. The van der Waals surface area contributed by atoms with Gasteiger partial charge in [0.1, 0.15) is 11.2 Å². The van der Waals surface area contributed by atoms with E-state index >= 15 is 0 Å². The van der Waals surface area contributed by atoms with Gasteiger partial charge in [0.05, 0.1) is 37.1 Å². The van der Waals surface area contributed by atoms with Crippen LogP contribution in [0.5, 0.6) is 0 Å². The van der Waals surface area contributed by atoms with Crippen LogP contribution in [0.2, 0.25) is 0 Å². The Hall–Kier alpha value is -0.320. The number of hydrogen-bond acceptors (Lipinski definition) is 8. The van der Waals surface area contributed by atoms with Crippen molar-refractivity contribution in [2.75, 3.05) is 41.0 Å². The number of ether oxygens (including phenoxy) is 3. The molecule has 182 valence electrons. The number of likely N-dealkylation sites (tertiary alicyclic amines) is 1. The maximum Gasteiger partial charge on any atom is 0.136 e. The second-order valence-corrected chi connectivity index (χ2v) is 11.7. The summed E-state index contributed by atoms with van der Waals surface area (Å²) in [4.78, 5) is 2.28. The van der Waals surface area contributed by atoms with Crippen LogP contribution in [0.1, 0.15) is 32.6 Å². The monoisotopic (exact) mass is 453 g/mol. The molecule has 1 saturated heterocycles. The molecule has 1 spiro atoms. The Morgan fingerprint density at radius 3 is 2.50 bits per heavy atom. The minimum atomic E-state index is -1.63. The van der Waals surface area contributed by atoms with Gasteiger partial charge in [0, 0.05) is 62.9 Å². The van der Waals surface area contributed by atoms with Crippen molar-refractivity contribution in [3.05, 3.63) is 0 Å². The highest BCUT2D eigenvalue weighted by molar-refractivity contribution is 5.41. The minimum absolute atomic E-state index is 0.0607. The Balaban J connectivity index is 1.67. The van der Waals surface area contributed by atoms with E-state index in [4.69, 9.17) is 14.2 Å².